The second kappa shape index (κ2) is 3.66. The van der Waals surface area contributed by atoms with Gasteiger partial charge in [0.2, 0.25) is 0 Å². The van der Waals surface area contributed by atoms with E-state index in [-0.39, 0.29) is 0 Å². The van der Waals surface area contributed by atoms with Crippen molar-refractivity contribution in [2.45, 2.75) is 24.7 Å². The van der Waals surface area contributed by atoms with Gasteiger partial charge in [0.05, 0.1) is 0 Å². The summed E-state index contributed by atoms with van der Waals surface area (Å²) in [6, 6.07) is 0. The van der Waals surface area contributed by atoms with Crippen molar-refractivity contribution in [3.05, 3.63) is 0 Å². The molecule has 0 bridgehead atoms. The van der Waals surface area contributed by atoms with Gasteiger partial charge in [-0.1, -0.05) is 0 Å². The summed E-state index contributed by atoms with van der Waals surface area (Å²) in [5.41, 5.74) is 5.38. The van der Waals surface area contributed by atoms with E-state index in [9.17, 15) is 0 Å². The van der Waals surface area contributed by atoms with Gasteiger partial charge in [-0.2, -0.15) is 0 Å². The summed E-state index contributed by atoms with van der Waals surface area (Å²) < 4.78 is 0. The van der Waals surface area contributed by atoms with Crippen molar-refractivity contribution in [2.24, 2.45) is 5.73 Å². The Hall–Kier alpha value is 0.479. The molecular weight excluding hydrogens is 141 g/mol. The molecule has 0 saturated carbocycles. The van der Waals surface area contributed by atoms with E-state index in [0.717, 1.165) is 6.42 Å². The predicted molar refractivity (Wildman–Crippen MR) is 30.0 cm³/mol. The molecule has 0 rings (SSSR count). The Labute approximate surface area is 47.1 Å². The summed E-state index contributed by atoms with van der Waals surface area (Å²) in [6.45, 7) is 2.13. The maximum atomic E-state index is 5.38. The van der Waals surface area contributed by atoms with Crippen LogP contribution in [0.4, 0.5) is 0 Å². The van der Waals surface area contributed by atoms with Gasteiger partial charge >= 0.3 is 46.5 Å². The maximum absolute atomic E-state index is 5.38. The summed E-state index contributed by atoms with van der Waals surface area (Å²) >= 11 is 2.42. The molecule has 0 aromatic carbocycles. The zero-order valence-electron chi connectivity index (χ0n) is 4.02. The summed E-state index contributed by atoms with van der Waals surface area (Å²) in [5, 5.41) is 0. The molecule has 0 spiro atoms. The van der Waals surface area contributed by atoms with Gasteiger partial charge in [-0.15, -0.1) is 0 Å². The molecule has 0 heterocycles. The molecule has 0 aromatic heterocycles. The first-order chi connectivity index (χ1) is 2.77. The van der Waals surface area contributed by atoms with Crippen LogP contribution in [-0.2, 0) is 0 Å². The molecule has 1 atom stereocenters. The summed E-state index contributed by atoms with van der Waals surface area (Å²) in [4.78, 5) is 0.336. The number of hydrogen-bond donors (Lipinski definition) is 1. The standard InChI is InChI=1S/C4H11NSe/c1-2-3-4(5)6/h4,6H,2-3,5H2,1H3. The normalized spacial score (nSPS) is 14.5. The van der Waals surface area contributed by atoms with Gasteiger partial charge in [0, 0.05) is 0 Å². The molecule has 2 heteroatoms. The fourth-order valence-corrected chi connectivity index (χ4v) is 0.837. The van der Waals surface area contributed by atoms with E-state index in [4.69, 9.17) is 5.73 Å². The predicted octanol–water partition coefficient (Wildman–Crippen LogP) is -0.0279. The average Bonchev–Trinajstić information content (AvgIpc) is 1.35. The fourth-order valence-electron chi connectivity index (χ4n) is 0.296. The second-order valence-electron chi connectivity index (χ2n) is 1.36. The molecule has 6 heavy (non-hydrogen) atoms. The van der Waals surface area contributed by atoms with E-state index in [2.05, 4.69) is 22.9 Å². The minimum atomic E-state index is 0.336. The Balaban J connectivity index is 2.63. The molecule has 1 unspecified atom stereocenters. The second-order valence-corrected chi connectivity index (χ2v) is 2.75. The van der Waals surface area contributed by atoms with Crippen LogP contribution >= 0.6 is 0 Å². The zero-order chi connectivity index (χ0) is 4.99. The third-order valence-electron chi connectivity index (χ3n) is 0.584. The molecule has 1 nitrogen and oxygen atoms in total. The van der Waals surface area contributed by atoms with Gasteiger partial charge in [-0.3, -0.25) is 0 Å². The molecule has 0 amide bonds. The molecule has 0 aromatic rings. The monoisotopic (exact) mass is 153 g/mol. The molecule has 2 N–H and O–H groups in total. The summed E-state index contributed by atoms with van der Waals surface area (Å²) in [5.74, 6) is 0. The first-order valence-corrected chi connectivity index (χ1v) is 3.29. The molecule has 0 aliphatic rings. The van der Waals surface area contributed by atoms with Gasteiger partial charge < -0.3 is 0 Å². The van der Waals surface area contributed by atoms with Crippen molar-refractivity contribution in [2.75, 3.05) is 0 Å². The van der Waals surface area contributed by atoms with Crippen molar-refractivity contribution in [1.29, 1.82) is 0 Å². The molecule has 0 radical (unpaired) electrons. The van der Waals surface area contributed by atoms with E-state index in [1.807, 2.05) is 0 Å². The Morgan fingerprint density at radius 3 is 2.33 bits per heavy atom. The topological polar surface area (TPSA) is 26.0 Å². The molecule has 0 aliphatic heterocycles. The van der Waals surface area contributed by atoms with E-state index < -0.39 is 0 Å². The minimum absolute atomic E-state index is 0.336. The van der Waals surface area contributed by atoms with Crippen LogP contribution in [0.25, 0.3) is 0 Å². The van der Waals surface area contributed by atoms with Crippen molar-refractivity contribution >= 4 is 16.0 Å². The van der Waals surface area contributed by atoms with Gasteiger partial charge in [0.15, 0.2) is 0 Å². The number of hydrogen-bond acceptors (Lipinski definition) is 1. The van der Waals surface area contributed by atoms with Gasteiger partial charge in [-0.25, -0.2) is 0 Å². The molecular formula is C4H11NSe. The van der Waals surface area contributed by atoms with Crippen molar-refractivity contribution < 1.29 is 0 Å². The first-order valence-electron chi connectivity index (χ1n) is 2.21. The third kappa shape index (κ3) is 4.48. The van der Waals surface area contributed by atoms with Gasteiger partial charge in [0.1, 0.15) is 0 Å². The Morgan fingerprint density at radius 2 is 2.33 bits per heavy atom. The van der Waals surface area contributed by atoms with Crippen LogP contribution in [0.2, 0.25) is 0 Å². The first kappa shape index (κ1) is 6.48. The molecule has 0 fully saturated rings. The average molecular weight is 152 g/mol. The Morgan fingerprint density at radius 1 is 1.83 bits per heavy atom. The fraction of sp³-hybridized carbons (Fsp3) is 1.00. The van der Waals surface area contributed by atoms with Crippen molar-refractivity contribution in [3.8, 4) is 0 Å². The van der Waals surface area contributed by atoms with Crippen LogP contribution in [0.5, 0.6) is 0 Å². The number of rotatable bonds is 2. The van der Waals surface area contributed by atoms with E-state index in [1.54, 1.807) is 0 Å². The van der Waals surface area contributed by atoms with Crippen LogP contribution in [0.1, 0.15) is 19.8 Å². The quantitative estimate of drug-likeness (QED) is 0.552. The van der Waals surface area contributed by atoms with E-state index in [0.29, 0.717) is 4.94 Å². The van der Waals surface area contributed by atoms with Gasteiger partial charge in [0.25, 0.3) is 0 Å². The Kier molecular flexibility index (Phi) is 3.95. The third-order valence-corrected chi connectivity index (χ3v) is 1.13. The van der Waals surface area contributed by atoms with Crippen LogP contribution in [0, 0.1) is 0 Å². The van der Waals surface area contributed by atoms with Crippen LogP contribution in [0.3, 0.4) is 0 Å². The van der Waals surface area contributed by atoms with Gasteiger partial charge in [-0.05, 0) is 0 Å². The van der Waals surface area contributed by atoms with E-state index in [1.165, 1.54) is 6.42 Å². The molecule has 0 saturated heterocycles. The summed E-state index contributed by atoms with van der Waals surface area (Å²) in [6.07, 6.45) is 2.32. The van der Waals surface area contributed by atoms with Crippen LogP contribution in [0.15, 0.2) is 0 Å². The van der Waals surface area contributed by atoms with E-state index >= 15 is 0 Å². The zero-order valence-corrected chi connectivity index (χ0v) is 5.89. The molecule has 38 valence electrons. The molecule has 0 aliphatic carbocycles. The van der Waals surface area contributed by atoms with Crippen molar-refractivity contribution in [3.63, 3.8) is 0 Å². The number of nitrogens with two attached hydrogens (primary N) is 1. The Bertz CT molecular complexity index is 28.7. The summed E-state index contributed by atoms with van der Waals surface area (Å²) in [7, 11) is 0. The SMILES string of the molecule is CCCC(N)[SeH]. The van der Waals surface area contributed by atoms with Crippen LogP contribution in [-0.4, -0.2) is 21.0 Å². The van der Waals surface area contributed by atoms with Crippen molar-refractivity contribution in [1.82, 2.24) is 0 Å². The van der Waals surface area contributed by atoms with Crippen LogP contribution < -0.4 is 5.73 Å².